The summed E-state index contributed by atoms with van der Waals surface area (Å²) in [4.78, 5) is 12.2. The van der Waals surface area contributed by atoms with Crippen LogP contribution in [0.1, 0.15) is 57.6 Å². The molecule has 5 nitrogen and oxygen atoms in total. The van der Waals surface area contributed by atoms with Gasteiger partial charge in [-0.2, -0.15) is 0 Å². The molecule has 0 radical (unpaired) electrons. The summed E-state index contributed by atoms with van der Waals surface area (Å²) in [5.41, 5.74) is 2.15. The summed E-state index contributed by atoms with van der Waals surface area (Å²) in [6, 6.07) is 8.61. The maximum atomic E-state index is 12.2. The smallest absolute Gasteiger partial charge is 0.407 e. The van der Waals surface area contributed by atoms with E-state index in [-0.39, 0.29) is 17.8 Å². The van der Waals surface area contributed by atoms with Crippen LogP contribution in [-0.2, 0) is 26.0 Å². The molecule has 1 aliphatic carbocycles. The number of hydrogen-bond acceptors (Lipinski definition) is 4. The molecule has 1 saturated heterocycles. The van der Waals surface area contributed by atoms with Gasteiger partial charge < -0.3 is 19.5 Å². The predicted molar refractivity (Wildman–Crippen MR) is 100 cm³/mol. The lowest BCUT2D eigenvalue weighted by Crippen LogP contribution is -2.45. The molecule has 1 aliphatic heterocycles. The van der Waals surface area contributed by atoms with Gasteiger partial charge in [-0.25, -0.2) is 4.79 Å². The van der Waals surface area contributed by atoms with Crippen molar-refractivity contribution in [1.29, 1.82) is 0 Å². The number of benzene rings is 1. The van der Waals surface area contributed by atoms with E-state index >= 15 is 0 Å². The number of fused-ring (bicyclic) bond motifs is 1. The van der Waals surface area contributed by atoms with Crippen molar-refractivity contribution < 1.29 is 19.0 Å². The Morgan fingerprint density at radius 1 is 1.27 bits per heavy atom. The molecule has 1 amide bonds. The molecule has 1 atom stereocenters. The van der Waals surface area contributed by atoms with Crippen molar-refractivity contribution in [2.75, 3.05) is 19.8 Å². The van der Waals surface area contributed by atoms with Crippen LogP contribution in [0.3, 0.4) is 0 Å². The zero-order valence-corrected chi connectivity index (χ0v) is 16.2. The van der Waals surface area contributed by atoms with Gasteiger partial charge in [0.05, 0.1) is 13.2 Å². The van der Waals surface area contributed by atoms with Crippen LogP contribution in [0.15, 0.2) is 24.3 Å². The number of amides is 1. The molecule has 1 N–H and O–H groups in total. The van der Waals surface area contributed by atoms with E-state index in [1.807, 2.05) is 20.8 Å². The molecule has 5 heteroatoms. The van der Waals surface area contributed by atoms with Crippen LogP contribution in [0.4, 0.5) is 4.79 Å². The topological polar surface area (TPSA) is 56.8 Å². The molecule has 1 aromatic carbocycles. The molecule has 1 fully saturated rings. The average molecular weight is 361 g/mol. The Balaban J connectivity index is 1.75. The molecule has 1 heterocycles. The van der Waals surface area contributed by atoms with Crippen molar-refractivity contribution in [3.05, 3.63) is 35.4 Å². The van der Waals surface area contributed by atoms with Gasteiger partial charge in [-0.05, 0) is 64.0 Å². The number of ether oxygens (including phenoxy) is 3. The zero-order valence-electron chi connectivity index (χ0n) is 16.2. The third kappa shape index (κ3) is 4.77. The molecule has 1 aromatic rings. The zero-order chi connectivity index (χ0) is 18.6. The normalized spacial score (nSPS) is 23.5. The van der Waals surface area contributed by atoms with Crippen LogP contribution in [-0.4, -0.2) is 37.7 Å². The minimum absolute atomic E-state index is 0.0962. The van der Waals surface area contributed by atoms with Crippen molar-refractivity contribution in [1.82, 2.24) is 5.32 Å². The Labute approximate surface area is 156 Å². The summed E-state index contributed by atoms with van der Waals surface area (Å²) < 4.78 is 16.7. The van der Waals surface area contributed by atoms with Gasteiger partial charge >= 0.3 is 6.09 Å². The molecule has 26 heavy (non-hydrogen) atoms. The Kier molecular flexibility index (Phi) is 5.88. The number of alkyl carbamates (subject to hydrolysis) is 1. The van der Waals surface area contributed by atoms with Crippen LogP contribution < -0.4 is 5.32 Å². The fourth-order valence-corrected chi connectivity index (χ4v) is 4.06. The van der Waals surface area contributed by atoms with Crippen LogP contribution >= 0.6 is 0 Å². The van der Waals surface area contributed by atoms with E-state index in [1.54, 1.807) is 0 Å². The molecule has 2 aliphatic rings. The first-order valence-corrected chi connectivity index (χ1v) is 9.66. The van der Waals surface area contributed by atoms with E-state index in [0.717, 1.165) is 32.1 Å². The molecule has 0 spiro atoms. The van der Waals surface area contributed by atoms with E-state index in [9.17, 15) is 4.79 Å². The molecule has 0 saturated carbocycles. The molecular weight excluding hydrogens is 330 g/mol. The highest BCUT2D eigenvalue weighted by atomic mass is 16.7. The van der Waals surface area contributed by atoms with Gasteiger partial charge in [0.1, 0.15) is 5.60 Å². The lowest BCUT2D eigenvalue weighted by Gasteiger charge is -2.40. The van der Waals surface area contributed by atoms with E-state index in [0.29, 0.717) is 19.8 Å². The predicted octanol–water partition coefficient (Wildman–Crippen LogP) is 3.94. The van der Waals surface area contributed by atoms with Crippen LogP contribution in [0, 0.1) is 0 Å². The minimum Gasteiger partial charge on any atom is -0.444 e. The molecule has 144 valence electrons. The van der Waals surface area contributed by atoms with Gasteiger partial charge in [0.15, 0.2) is 6.29 Å². The number of carbonyl (C=O) groups is 1. The van der Waals surface area contributed by atoms with Crippen molar-refractivity contribution >= 4 is 6.09 Å². The Bertz CT molecular complexity index is 619. The second-order valence-electron chi connectivity index (χ2n) is 8.36. The van der Waals surface area contributed by atoms with Crippen molar-refractivity contribution in [3.63, 3.8) is 0 Å². The van der Waals surface area contributed by atoms with E-state index in [2.05, 4.69) is 29.6 Å². The number of carbonyl (C=O) groups excluding carboxylic acids is 1. The quantitative estimate of drug-likeness (QED) is 0.863. The van der Waals surface area contributed by atoms with Crippen molar-refractivity contribution in [3.8, 4) is 0 Å². The number of rotatable bonds is 5. The van der Waals surface area contributed by atoms with E-state index in [1.165, 1.54) is 11.1 Å². The highest BCUT2D eigenvalue weighted by molar-refractivity contribution is 5.68. The monoisotopic (exact) mass is 361 g/mol. The van der Waals surface area contributed by atoms with Gasteiger partial charge in [0.2, 0.25) is 0 Å². The van der Waals surface area contributed by atoms with Crippen LogP contribution in [0.25, 0.3) is 0 Å². The van der Waals surface area contributed by atoms with Gasteiger partial charge in [0.25, 0.3) is 0 Å². The third-order valence-electron chi connectivity index (χ3n) is 5.21. The number of nitrogens with one attached hydrogen (secondary N) is 1. The number of hydrogen-bond donors (Lipinski definition) is 1. The lowest BCUT2D eigenvalue weighted by atomic mass is 9.67. The summed E-state index contributed by atoms with van der Waals surface area (Å²) in [7, 11) is 0. The standard InChI is InChI=1S/C21H31NO4/c1-20(2,3)26-19(23)22-15-21(12-10-18-24-13-14-25-18)11-6-8-16-7-4-5-9-17(16)21/h4-5,7,9,18H,6,8,10-15H2,1-3H3,(H,22,23). The fraction of sp³-hybridized carbons (Fsp3) is 0.667. The molecule has 0 aromatic heterocycles. The maximum absolute atomic E-state index is 12.2. The average Bonchev–Trinajstić information content (AvgIpc) is 3.11. The molecular formula is C21H31NO4. The van der Waals surface area contributed by atoms with Gasteiger partial charge in [0, 0.05) is 12.0 Å². The maximum Gasteiger partial charge on any atom is 0.407 e. The minimum atomic E-state index is -0.493. The second kappa shape index (κ2) is 7.97. The Morgan fingerprint density at radius 3 is 2.73 bits per heavy atom. The summed E-state index contributed by atoms with van der Waals surface area (Å²) in [6.07, 6.45) is 4.55. The second-order valence-corrected chi connectivity index (χ2v) is 8.36. The molecule has 0 bridgehead atoms. The summed E-state index contributed by atoms with van der Waals surface area (Å²) in [5, 5.41) is 3.02. The van der Waals surface area contributed by atoms with Gasteiger partial charge in [-0.15, -0.1) is 0 Å². The first kappa shape index (κ1) is 19.2. The summed E-state index contributed by atoms with van der Waals surface area (Å²) in [5.74, 6) is 0. The van der Waals surface area contributed by atoms with E-state index in [4.69, 9.17) is 14.2 Å². The molecule has 3 rings (SSSR count). The highest BCUT2D eigenvalue weighted by Crippen LogP contribution is 2.41. The first-order chi connectivity index (χ1) is 12.4. The number of aryl methyl sites for hydroxylation is 1. The largest absolute Gasteiger partial charge is 0.444 e. The highest BCUT2D eigenvalue weighted by Gasteiger charge is 2.38. The van der Waals surface area contributed by atoms with Crippen molar-refractivity contribution in [2.24, 2.45) is 0 Å². The van der Waals surface area contributed by atoms with E-state index < -0.39 is 5.60 Å². The van der Waals surface area contributed by atoms with Crippen LogP contribution in [0.2, 0.25) is 0 Å². The van der Waals surface area contributed by atoms with Gasteiger partial charge in [-0.1, -0.05) is 24.3 Å². The Morgan fingerprint density at radius 2 is 2.00 bits per heavy atom. The SMILES string of the molecule is CC(C)(C)OC(=O)NCC1(CCC2OCCO2)CCCc2ccccc21. The van der Waals surface area contributed by atoms with Crippen molar-refractivity contribution in [2.45, 2.75) is 70.2 Å². The van der Waals surface area contributed by atoms with Crippen LogP contribution in [0.5, 0.6) is 0 Å². The fourth-order valence-electron chi connectivity index (χ4n) is 4.06. The molecule has 1 unspecified atom stereocenters. The lowest BCUT2D eigenvalue weighted by molar-refractivity contribution is -0.0518. The first-order valence-electron chi connectivity index (χ1n) is 9.66. The summed E-state index contributed by atoms with van der Waals surface area (Å²) >= 11 is 0. The van der Waals surface area contributed by atoms with Gasteiger partial charge in [-0.3, -0.25) is 0 Å². The summed E-state index contributed by atoms with van der Waals surface area (Å²) in [6.45, 7) is 7.56. The Hall–Kier alpha value is -1.59. The third-order valence-corrected chi connectivity index (χ3v) is 5.21.